The molecule has 0 amide bonds. The summed E-state index contributed by atoms with van der Waals surface area (Å²) < 4.78 is 0. The number of rotatable bonds is 3. The van der Waals surface area contributed by atoms with Crippen LogP contribution in [-0.4, -0.2) is 10.8 Å². The zero-order chi connectivity index (χ0) is 34.2. The van der Waals surface area contributed by atoms with Crippen LogP contribution in [0.5, 0.6) is 0 Å². The Balaban J connectivity index is 0.000000149. The number of nitrogens with zero attached hydrogens (tertiary/aromatic N) is 2. The van der Waals surface area contributed by atoms with Gasteiger partial charge in [-0.05, 0) is 81.1 Å². The normalized spacial score (nSPS) is 12.3. The smallest absolute Gasteiger partial charge is 0.141 e. The lowest BCUT2D eigenvalue weighted by atomic mass is 9.92. The quantitative estimate of drug-likeness (QED) is 0.133. The fraction of sp³-hybridized carbons (Fsp3) is 0.0455. The maximum Gasteiger partial charge on any atom is 0.141 e. The summed E-state index contributed by atoms with van der Waals surface area (Å²) in [5.41, 5.74) is 19.3. The van der Waals surface area contributed by atoms with E-state index in [1.165, 1.54) is 32.7 Å². The van der Waals surface area contributed by atoms with Crippen LogP contribution in [0.4, 0.5) is 11.5 Å². The van der Waals surface area contributed by atoms with E-state index in [0.29, 0.717) is 18.1 Å². The van der Waals surface area contributed by atoms with E-state index >= 15 is 0 Å². The summed E-state index contributed by atoms with van der Waals surface area (Å²) in [6.07, 6.45) is 4.05. The number of benzene rings is 6. The van der Waals surface area contributed by atoms with Crippen LogP contribution in [0.1, 0.15) is 33.5 Å². The Hall–Kier alpha value is -6.30. The van der Waals surface area contributed by atoms with Gasteiger partial charge in [-0.25, -0.2) is 4.98 Å². The van der Waals surface area contributed by atoms with Crippen LogP contribution in [0.25, 0.3) is 33.2 Å². The number of aryl methyl sites for hydroxylation is 1. The van der Waals surface area contributed by atoms with Crippen molar-refractivity contribution in [1.82, 2.24) is 4.98 Å². The lowest BCUT2D eigenvalue weighted by molar-refractivity contribution is 1.08. The predicted octanol–water partition coefficient (Wildman–Crippen LogP) is 10.00. The molecule has 2 heterocycles. The maximum atomic E-state index is 7.66. The number of hydrogen-bond donors (Lipinski definition) is 3. The number of nitrogens with two attached hydrogens (primary N) is 2. The number of nitrogen functional groups attached to an aromatic ring is 1. The number of hydrogen-bond acceptors (Lipinski definition) is 4. The van der Waals surface area contributed by atoms with Crippen LogP contribution in [0.15, 0.2) is 164 Å². The summed E-state index contributed by atoms with van der Waals surface area (Å²) in [4.78, 5) is 6.55. The highest BCUT2D eigenvalue weighted by molar-refractivity contribution is 5.95. The topological polar surface area (TPSA) is 92.0 Å². The molecule has 1 aliphatic rings. The molecular formula is C44H39N5. The van der Waals surface area contributed by atoms with E-state index in [9.17, 15) is 0 Å². The van der Waals surface area contributed by atoms with E-state index < -0.39 is 0 Å². The van der Waals surface area contributed by atoms with Gasteiger partial charge in [-0.15, -0.1) is 0 Å². The van der Waals surface area contributed by atoms with Gasteiger partial charge in [-0.3, -0.25) is 5.41 Å². The summed E-state index contributed by atoms with van der Waals surface area (Å²) in [7, 11) is 0. The number of para-hydroxylation sites is 1. The molecule has 7 aromatic rings. The van der Waals surface area contributed by atoms with Gasteiger partial charge in [0.2, 0.25) is 0 Å². The van der Waals surface area contributed by atoms with Crippen LogP contribution in [0, 0.1) is 12.3 Å². The van der Waals surface area contributed by atoms with Crippen molar-refractivity contribution in [2.45, 2.75) is 13.5 Å². The van der Waals surface area contributed by atoms with Crippen molar-refractivity contribution >= 4 is 50.5 Å². The maximum absolute atomic E-state index is 7.66. The van der Waals surface area contributed by atoms with Crippen LogP contribution in [0.2, 0.25) is 0 Å². The monoisotopic (exact) mass is 637 g/mol. The Kier molecular flexibility index (Phi) is 10.0. The molecule has 0 unspecified atom stereocenters. The van der Waals surface area contributed by atoms with E-state index in [-0.39, 0.29) is 5.84 Å². The lowest BCUT2D eigenvalue weighted by Gasteiger charge is -2.26. The molecule has 0 saturated carbocycles. The zero-order valence-electron chi connectivity index (χ0n) is 27.6. The number of anilines is 2. The largest absolute Gasteiger partial charge is 0.382 e. The van der Waals surface area contributed by atoms with E-state index in [1.54, 1.807) is 6.07 Å². The second-order valence-corrected chi connectivity index (χ2v) is 11.8. The molecule has 240 valence electrons. The zero-order valence-corrected chi connectivity index (χ0v) is 27.6. The molecule has 1 aromatic heterocycles. The van der Waals surface area contributed by atoms with Crippen molar-refractivity contribution in [3.05, 3.63) is 198 Å². The number of fused-ring (bicyclic) bond motifs is 4. The molecule has 0 radical (unpaired) electrons. The van der Waals surface area contributed by atoms with Crippen molar-refractivity contribution < 1.29 is 0 Å². The standard InChI is InChI=1S/C22H18N4.C11H11N.C11H10/c1-15-17-8-3-2-7-16(17)13-14-26(20-11-5-4-9-18(15)20)21-12-6-10-19(25-21)22(23)24;12-8-9-5-6-10-3-1-2-4-11(10)7-9;1-9-6-7-10-4-2-3-5-11(10)8-9/h2-14H,1H2,(H3,23,24);1-7H,8,12H2;2-8H,1H3/b14-13-;;. The first kappa shape index (κ1) is 32.6. The summed E-state index contributed by atoms with van der Waals surface area (Å²) in [5.74, 6) is 0.652. The van der Waals surface area contributed by atoms with Crippen molar-refractivity contribution in [3.63, 3.8) is 0 Å². The third-order valence-corrected chi connectivity index (χ3v) is 8.39. The Morgan fingerprint density at radius 1 is 0.673 bits per heavy atom. The average molecular weight is 638 g/mol. The SMILES string of the molecule is C=C1c2ccccc2/C=C\N(c2cccc(C(=N)N)n2)c2ccccc21.Cc1ccc2ccccc2c1.NCc1ccc2ccccc2c1. The highest BCUT2D eigenvalue weighted by Crippen LogP contribution is 2.37. The lowest BCUT2D eigenvalue weighted by Crippen LogP contribution is -2.17. The second-order valence-electron chi connectivity index (χ2n) is 11.8. The Morgan fingerprint density at radius 2 is 1.29 bits per heavy atom. The van der Waals surface area contributed by atoms with E-state index in [1.807, 2.05) is 65.7 Å². The molecule has 6 aromatic carbocycles. The Labute approximate surface area is 288 Å². The van der Waals surface area contributed by atoms with Gasteiger partial charge in [0.05, 0.1) is 5.69 Å². The van der Waals surface area contributed by atoms with Crippen LogP contribution >= 0.6 is 0 Å². The van der Waals surface area contributed by atoms with Crippen LogP contribution in [0.3, 0.4) is 0 Å². The van der Waals surface area contributed by atoms with E-state index in [2.05, 4.69) is 116 Å². The van der Waals surface area contributed by atoms with Gasteiger partial charge in [-0.1, -0.05) is 140 Å². The Bertz CT molecular complexity index is 2300. The molecule has 0 atom stereocenters. The molecule has 5 N–H and O–H groups in total. The molecule has 49 heavy (non-hydrogen) atoms. The minimum absolute atomic E-state index is 0.0501. The summed E-state index contributed by atoms with van der Waals surface area (Å²) in [5, 5.41) is 12.8. The molecule has 5 nitrogen and oxygen atoms in total. The van der Waals surface area contributed by atoms with Crippen LogP contribution in [-0.2, 0) is 6.54 Å². The predicted molar refractivity (Wildman–Crippen MR) is 208 cm³/mol. The van der Waals surface area contributed by atoms with Gasteiger partial charge in [0.1, 0.15) is 17.3 Å². The summed E-state index contributed by atoms with van der Waals surface area (Å²) >= 11 is 0. The number of nitrogens with one attached hydrogen (secondary N) is 1. The number of pyridine rings is 1. The number of aromatic nitrogens is 1. The molecule has 0 bridgehead atoms. The Morgan fingerprint density at radius 3 is 2.00 bits per heavy atom. The van der Waals surface area contributed by atoms with Gasteiger partial charge in [0.15, 0.2) is 0 Å². The molecule has 0 spiro atoms. The first-order valence-electron chi connectivity index (χ1n) is 16.2. The fourth-order valence-corrected chi connectivity index (χ4v) is 5.82. The minimum Gasteiger partial charge on any atom is -0.382 e. The first-order valence-corrected chi connectivity index (χ1v) is 16.2. The highest BCUT2D eigenvalue weighted by Gasteiger charge is 2.19. The fourth-order valence-electron chi connectivity index (χ4n) is 5.82. The van der Waals surface area contributed by atoms with Crippen molar-refractivity contribution in [3.8, 4) is 0 Å². The third kappa shape index (κ3) is 7.65. The van der Waals surface area contributed by atoms with Gasteiger partial charge in [0, 0.05) is 18.3 Å². The average Bonchev–Trinajstić information content (AvgIpc) is 3.15. The summed E-state index contributed by atoms with van der Waals surface area (Å²) in [6.45, 7) is 7.07. The summed E-state index contributed by atoms with van der Waals surface area (Å²) in [6, 6.07) is 51.3. The van der Waals surface area contributed by atoms with E-state index in [4.69, 9.17) is 16.9 Å². The molecule has 1 aliphatic heterocycles. The minimum atomic E-state index is -0.0501. The van der Waals surface area contributed by atoms with Gasteiger partial charge < -0.3 is 16.4 Å². The van der Waals surface area contributed by atoms with Gasteiger partial charge in [-0.2, -0.15) is 0 Å². The molecule has 0 saturated heterocycles. The third-order valence-electron chi connectivity index (χ3n) is 8.39. The van der Waals surface area contributed by atoms with Gasteiger partial charge in [0.25, 0.3) is 0 Å². The highest BCUT2D eigenvalue weighted by atomic mass is 15.2. The molecule has 8 rings (SSSR count). The second kappa shape index (κ2) is 15.1. The van der Waals surface area contributed by atoms with Crippen molar-refractivity contribution in [2.75, 3.05) is 4.90 Å². The van der Waals surface area contributed by atoms with E-state index in [0.717, 1.165) is 28.0 Å². The first-order chi connectivity index (χ1) is 23.9. The van der Waals surface area contributed by atoms with Gasteiger partial charge >= 0.3 is 0 Å². The molecule has 5 heteroatoms. The number of amidine groups is 1. The molecule has 0 fully saturated rings. The molecule has 0 aliphatic carbocycles. The van der Waals surface area contributed by atoms with Crippen molar-refractivity contribution in [2.24, 2.45) is 11.5 Å². The molecular weight excluding hydrogens is 599 g/mol. The van der Waals surface area contributed by atoms with Crippen molar-refractivity contribution in [1.29, 1.82) is 5.41 Å². The van der Waals surface area contributed by atoms with Crippen LogP contribution < -0.4 is 16.4 Å².